The first-order chi connectivity index (χ1) is 6.61. The molecular formula is C7H7N3O4. The number of urea groups is 1. The molecular weight excluding hydrogens is 190 g/mol. The second-order valence-corrected chi connectivity index (χ2v) is 2.41. The van der Waals surface area contributed by atoms with Gasteiger partial charge in [0.25, 0.3) is 11.8 Å². The quantitative estimate of drug-likeness (QED) is 0.339. The molecule has 0 aliphatic carbocycles. The van der Waals surface area contributed by atoms with Crippen LogP contribution in [0, 0.1) is 0 Å². The lowest BCUT2D eigenvalue weighted by Gasteiger charge is -2.23. The summed E-state index contributed by atoms with van der Waals surface area (Å²) in [6.45, 7) is 3.27. The first kappa shape index (κ1) is 9.90. The van der Waals surface area contributed by atoms with Gasteiger partial charge >= 0.3 is 6.03 Å². The van der Waals surface area contributed by atoms with Crippen molar-refractivity contribution in [3.8, 4) is 0 Å². The number of hydrogen-bond donors (Lipinski definition) is 2. The second kappa shape index (κ2) is 3.69. The van der Waals surface area contributed by atoms with E-state index in [1.165, 1.54) is 6.08 Å². The third-order valence-corrected chi connectivity index (χ3v) is 1.54. The van der Waals surface area contributed by atoms with E-state index in [-0.39, 0.29) is 6.54 Å². The minimum atomic E-state index is -1.01. The number of imide groups is 2. The summed E-state index contributed by atoms with van der Waals surface area (Å²) < 4.78 is 0. The van der Waals surface area contributed by atoms with Crippen LogP contribution in [0.5, 0.6) is 0 Å². The number of amides is 4. The van der Waals surface area contributed by atoms with Crippen LogP contribution < -0.4 is 5.32 Å². The van der Waals surface area contributed by atoms with E-state index in [2.05, 4.69) is 11.7 Å². The van der Waals surface area contributed by atoms with Crippen LogP contribution in [0.1, 0.15) is 0 Å². The number of barbiturate groups is 1. The van der Waals surface area contributed by atoms with Gasteiger partial charge in [0.05, 0.1) is 0 Å². The molecule has 0 unspecified atom stereocenters. The molecule has 0 aromatic rings. The molecule has 1 aliphatic heterocycles. The molecule has 0 atom stereocenters. The highest BCUT2D eigenvalue weighted by atomic mass is 16.4. The van der Waals surface area contributed by atoms with Crippen molar-refractivity contribution in [2.24, 2.45) is 5.16 Å². The van der Waals surface area contributed by atoms with Crippen molar-refractivity contribution in [2.75, 3.05) is 6.54 Å². The van der Waals surface area contributed by atoms with Crippen LogP contribution in [0.2, 0.25) is 0 Å². The fourth-order valence-electron chi connectivity index (χ4n) is 0.924. The van der Waals surface area contributed by atoms with Crippen molar-refractivity contribution in [3.63, 3.8) is 0 Å². The van der Waals surface area contributed by atoms with Crippen molar-refractivity contribution >= 4 is 23.6 Å². The monoisotopic (exact) mass is 197 g/mol. The number of nitrogens with one attached hydrogen (secondary N) is 1. The van der Waals surface area contributed by atoms with Gasteiger partial charge in [-0.3, -0.25) is 19.8 Å². The summed E-state index contributed by atoms with van der Waals surface area (Å²) >= 11 is 0. The number of hydrogen-bond acceptors (Lipinski definition) is 5. The molecule has 0 spiro atoms. The molecule has 1 fully saturated rings. The number of nitrogens with zero attached hydrogens (tertiary/aromatic N) is 2. The van der Waals surface area contributed by atoms with Crippen molar-refractivity contribution in [2.45, 2.75) is 0 Å². The molecule has 0 aromatic heterocycles. The van der Waals surface area contributed by atoms with Gasteiger partial charge in [0.15, 0.2) is 0 Å². The number of carbonyl (C=O) groups is 3. The molecule has 1 saturated heterocycles. The van der Waals surface area contributed by atoms with Gasteiger partial charge in [-0.2, -0.15) is 0 Å². The van der Waals surface area contributed by atoms with E-state index in [0.29, 0.717) is 4.90 Å². The van der Waals surface area contributed by atoms with Crippen molar-refractivity contribution in [3.05, 3.63) is 12.7 Å². The third-order valence-electron chi connectivity index (χ3n) is 1.54. The maximum Gasteiger partial charge on any atom is 0.331 e. The van der Waals surface area contributed by atoms with E-state index in [1.807, 2.05) is 5.32 Å². The second-order valence-electron chi connectivity index (χ2n) is 2.41. The molecule has 2 N–H and O–H groups in total. The van der Waals surface area contributed by atoms with Crippen LogP contribution in [0.3, 0.4) is 0 Å². The Labute approximate surface area is 78.7 Å². The van der Waals surface area contributed by atoms with Crippen molar-refractivity contribution < 1.29 is 19.6 Å². The fraction of sp³-hybridized carbons (Fsp3) is 0.143. The summed E-state index contributed by atoms with van der Waals surface area (Å²) in [5.41, 5.74) is -0.716. The standard InChI is InChI=1S/C7H7N3O4/c1-2-3-10-6(12)4(9-14)5(11)8-7(10)13/h2,14H,1,3H2,(H,8,11,13)/b9-4-. The Morgan fingerprint density at radius 1 is 1.50 bits per heavy atom. The summed E-state index contributed by atoms with van der Waals surface area (Å²) in [5, 5.41) is 12.7. The Kier molecular flexibility index (Phi) is 2.61. The van der Waals surface area contributed by atoms with E-state index >= 15 is 0 Å². The van der Waals surface area contributed by atoms with Gasteiger partial charge in [-0.05, 0) is 0 Å². The van der Waals surface area contributed by atoms with Crippen LogP contribution in [-0.2, 0) is 9.59 Å². The lowest BCUT2D eigenvalue weighted by Crippen LogP contribution is -2.58. The predicted octanol–water partition coefficient (Wildman–Crippen LogP) is -0.919. The van der Waals surface area contributed by atoms with Crippen LogP contribution in [0.15, 0.2) is 17.8 Å². The summed E-state index contributed by atoms with van der Waals surface area (Å²) in [6, 6.07) is -0.854. The minimum absolute atomic E-state index is 0.0586. The topological polar surface area (TPSA) is 99.1 Å². The lowest BCUT2D eigenvalue weighted by atomic mass is 10.2. The normalized spacial score (nSPS) is 19.9. The highest BCUT2D eigenvalue weighted by Gasteiger charge is 2.37. The molecule has 0 radical (unpaired) electrons. The van der Waals surface area contributed by atoms with Crippen molar-refractivity contribution in [1.29, 1.82) is 0 Å². The molecule has 14 heavy (non-hydrogen) atoms. The van der Waals surface area contributed by atoms with Gasteiger partial charge in [-0.25, -0.2) is 4.79 Å². The minimum Gasteiger partial charge on any atom is -0.410 e. The van der Waals surface area contributed by atoms with Crippen molar-refractivity contribution in [1.82, 2.24) is 10.2 Å². The number of oxime groups is 1. The molecule has 7 nitrogen and oxygen atoms in total. The van der Waals surface area contributed by atoms with Crippen LogP contribution in [0.4, 0.5) is 4.79 Å². The first-order valence-electron chi connectivity index (χ1n) is 3.62. The Morgan fingerprint density at radius 2 is 2.14 bits per heavy atom. The molecule has 74 valence electrons. The molecule has 0 saturated carbocycles. The number of rotatable bonds is 2. The van der Waals surface area contributed by atoms with E-state index in [0.717, 1.165) is 0 Å². The predicted molar refractivity (Wildman–Crippen MR) is 44.7 cm³/mol. The first-order valence-corrected chi connectivity index (χ1v) is 3.62. The molecule has 0 bridgehead atoms. The summed E-state index contributed by atoms with van der Waals surface area (Å²) in [4.78, 5) is 33.9. The summed E-state index contributed by atoms with van der Waals surface area (Å²) in [5.74, 6) is -1.95. The Balaban J connectivity index is 3.00. The van der Waals surface area contributed by atoms with E-state index < -0.39 is 23.6 Å². The van der Waals surface area contributed by atoms with Crippen LogP contribution >= 0.6 is 0 Å². The number of carbonyl (C=O) groups excluding carboxylic acids is 3. The average molecular weight is 197 g/mol. The highest BCUT2D eigenvalue weighted by molar-refractivity contribution is 6.68. The Morgan fingerprint density at radius 3 is 2.64 bits per heavy atom. The highest BCUT2D eigenvalue weighted by Crippen LogP contribution is 2.00. The maximum absolute atomic E-state index is 11.3. The zero-order chi connectivity index (χ0) is 10.7. The van der Waals surface area contributed by atoms with Crippen LogP contribution in [-0.4, -0.2) is 40.2 Å². The van der Waals surface area contributed by atoms with E-state index in [1.54, 1.807) is 0 Å². The van der Waals surface area contributed by atoms with Gasteiger partial charge in [-0.1, -0.05) is 11.2 Å². The SMILES string of the molecule is C=CCN1C(=O)NC(=O)/C(=N/O)C1=O. The Bertz CT molecular complexity index is 347. The van der Waals surface area contributed by atoms with Crippen LogP contribution in [0.25, 0.3) is 0 Å². The zero-order valence-electron chi connectivity index (χ0n) is 7.06. The smallest absolute Gasteiger partial charge is 0.331 e. The van der Waals surface area contributed by atoms with Gasteiger partial charge in [0.2, 0.25) is 5.71 Å². The summed E-state index contributed by atoms with van der Waals surface area (Å²) in [6.07, 6.45) is 1.31. The molecule has 0 aromatic carbocycles. The van der Waals surface area contributed by atoms with E-state index in [4.69, 9.17) is 5.21 Å². The summed E-state index contributed by atoms with van der Waals surface area (Å²) in [7, 11) is 0. The lowest BCUT2D eigenvalue weighted by molar-refractivity contribution is -0.125. The largest absolute Gasteiger partial charge is 0.410 e. The third kappa shape index (κ3) is 1.47. The Hall–Kier alpha value is -2.18. The fourth-order valence-corrected chi connectivity index (χ4v) is 0.924. The molecule has 1 rings (SSSR count). The average Bonchev–Trinajstić information content (AvgIpc) is 2.12. The maximum atomic E-state index is 11.3. The van der Waals surface area contributed by atoms with E-state index in [9.17, 15) is 14.4 Å². The van der Waals surface area contributed by atoms with Gasteiger partial charge in [-0.15, -0.1) is 6.58 Å². The molecule has 7 heteroatoms. The van der Waals surface area contributed by atoms with Gasteiger partial charge in [0.1, 0.15) is 0 Å². The zero-order valence-corrected chi connectivity index (χ0v) is 7.06. The molecule has 1 aliphatic rings. The molecule has 4 amide bonds. The molecule has 1 heterocycles. The van der Waals surface area contributed by atoms with Gasteiger partial charge < -0.3 is 5.21 Å². The van der Waals surface area contributed by atoms with Gasteiger partial charge in [0, 0.05) is 6.54 Å².